The van der Waals surface area contributed by atoms with Crippen LogP contribution in [0.2, 0.25) is 5.02 Å². The largest absolute Gasteiger partial charge is 0.457 e. The Hall–Kier alpha value is -3.36. The number of amides is 1. The number of benzene rings is 2. The molecule has 156 valence electrons. The Morgan fingerprint density at radius 1 is 1.13 bits per heavy atom. The number of aliphatic imine (C=N–C) groups is 1. The zero-order valence-electron chi connectivity index (χ0n) is 16.5. The number of nitro groups is 1. The van der Waals surface area contributed by atoms with Crippen LogP contribution in [0.15, 0.2) is 62.8 Å². The van der Waals surface area contributed by atoms with Crippen molar-refractivity contribution in [1.29, 1.82) is 0 Å². The summed E-state index contributed by atoms with van der Waals surface area (Å²) in [6.07, 6.45) is 1.61. The highest BCUT2D eigenvalue weighted by Crippen LogP contribution is 2.33. The Kier molecular flexibility index (Phi) is 5.67. The molecule has 0 spiro atoms. The normalized spacial score (nSPS) is 16.2. The fourth-order valence-corrected chi connectivity index (χ4v) is 3.97. The zero-order chi connectivity index (χ0) is 22.1. The molecular formula is C22H16ClN3O4S. The first-order chi connectivity index (χ1) is 14.8. The lowest BCUT2D eigenvalue weighted by Crippen LogP contribution is -2.19. The molecule has 0 unspecified atom stereocenters. The molecule has 0 saturated carbocycles. The maximum atomic E-state index is 12.4. The van der Waals surface area contributed by atoms with Crippen molar-refractivity contribution in [3.63, 3.8) is 0 Å². The molecule has 1 aliphatic heterocycles. The van der Waals surface area contributed by atoms with Crippen molar-refractivity contribution in [3.8, 4) is 11.3 Å². The van der Waals surface area contributed by atoms with E-state index in [2.05, 4.69) is 10.3 Å². The quantitative estimate of drug-likeness (QED) is 0.296. The summed E-state index contributed by atoms with van der Waals surface area (Å²) >= 11 is 7.23. The molecule has 1 aliphatic rings. The van der Waals surface area contributed by atoms with E-state index in [4.69, 9.17) is 16.0 Å². The Morgan fingerprint density at radius 3 is 2.68 bits per heavy atom. The van der Waals surface area contributed by atoms with Gasteiger partial charge in [0.1, 0.15) is 11.5 Å². The van der Waals surface area contributed by atoms with Gasteiger partial charge in [0.05, 0.1) is 15.5 Å². The molecule has 2 heterocycles. The fourth-order valence-electron chi connectivity index (χ4n) is 2.99. The minimum atomic E-state index is -0.448. The molecule has 0 bridgehead atoms. The second kappa shape index (κ2) is 8.41. The highest BCUT2D eigenvalue weighted by molar-refractivity contribution is 8.18. The van der Waals surface area contributed by atoms with E-state index in [0.29, 0.717) is 37.9 Å². The van der Waals surface area contributed by atoms with E-state index in [1.54, 1.807) is 36.4 Å². The summed E-state index contributed by atoms with van der Waals surface area (Å²) in [6, 6.07) is 13.4. The second-order valence-electron chi connectivity index (χ2n) is 6.87. The van der Waals surface area contributed by atoms with Gasteiger partial charge in [-0.15, -0.1) is 0 Å². The van der Waals surface area contributed by atoms with Crippen molar-refractivity contribution in [2.45, 2.75) is 13.8 Å². The summed E-state index contributed by atoms with van der Waals surface area (Å²) in [6.45, 7) is 3.76. The minimum absolute atomic E-state index is 0.0141. The zero-order valence-corrected chi connectivity index (χ0v) is 18.1. The number of aryl methyl sites for hydroxylation is 2. The number of nitrogens with one attached hydrogen (secondary N) is 1. The highest BCUT2D eigenvalue weighted by Gasteiger charge is 2.24. The van der Waals surface area contributed by atoms with E-state index in [-0.39, 0.29) is 11.6 Å². The average molecular weight is 454 g/mol. The number of carbonyl (C=O) groups is 1. The fraction of sp³-hybridized carbons (Fsp3) is 0.0909. The van der Waals surface area contributed by atoms with Crippen LogP contribution in [-0.2, 0) is 4.79 Å². The van der Waals surface area contributed by atoms with Crippen LogP contribution in [0.4, 0.5) is 11.4 Å². The number of non-ortho nitro benzene ring substituents is 1. The van der Waals surface area contributed by atoms with Crippen LogP contribution < -0.4 is 5.32 Å². The van der Waals surface area contributed by atoms with E-state index in [0.717, 1.165) is 11.1 Å². The molecule has 3 aromatic rings. The van der Waals surface area contributed by atoms with Gasteiger partial charge in [0, 0.05) is 28.8 Å². The SMILES string of the molecule is Cc1ccc(Cl)cc1N=C1NC(=O)/C(=C/c2ccc(-c3cc([N+](=O)[O-])ccc3C)o2)S1. The number of halogens is 1. The van der Waals surface area contributed by atoms with Crippen LogP contribution in [0.3, 0.4) is 0 Å². The highest BCUT2D eigenvalue weighted by atomic mass is 35.5. The third-order valence-electron chi connectivity index (χ3n) is 4.64. The van der Waals surface area contributed by atoms with Crippen LogP contribution in [0.1, 0.15) is 16.9 Å². The molecule has 0 radical (unpaired) electrons. The van der Waals surface area contributed by atoms with Crippen LogP contribution in [0.5, 0.6) is 0 Å². The predicted molar refractivity (Wildman–Crippen MR) is 123 cm³/mol. The Bertz CT molecular complexity index is 1280. The maximum Gasteiger partial charge on any atom is 0.270 e. The van der Waals surface area contributed by atoms with Crippen molar-refractivity contribution >= 4 is 51.9 Å². The summed E-state index contributed by atoms with van der Waals surface area (Å²) in [7, 11) is 0. The van der Waals surface area contributed by atoms with E-state index >= 15 is 0 Å². The molecule has 2 aromatic carbocycles. The summed E-state index contributed by atoms with van der Waals surface area (Å²) in [5, 5.41) is 14.8. The number of rotatable bonds is 4. The monoisotopic (exact) mass is 453 g/mol. The number of carbonyl (C=O) groups excluding carboxylic acids is 1. The van der Waals surface area contributed by atoms with Gasteiger partial charge in [-0.05, 0) is 61.0 Å². The molecule has 1 N–H and O–H groups in total. The molecule has 4 rings (SSSR count). The number of amidine groups is 1. The van der Waals surface area contributed by atoms with E-state index < -0.39 is 4.92 Å². The Labute approximate surface area is 187 Å². The number of hydrogen-bond acceptors (Lipinski definition) is 6. The molecule has 1 saturated heterocycles. The summed E-state index contributed by atoms with van der Waals surface area (Å²) < 4.78 is 5.83. The summed E-state index contributed by atoms with van der Waals surface area (Å²) in [5.41, 5.74) is 3.07. The van der Waals surface area contributed by atoms with Crippen molar-refractivity contribution < 1.29 is 14.1 Å². The van der Waals surface area contributed by atoms with Gasteiger partial charge < -0.3 is 9.73 Å². The van der Waals surface area contributed by atoms with Crippen LogP contribution >= 0.6 is 23.4 Å². The minimum Gasteiger partial charge on any atom is -0.457 e. The lowest BCUT2D eigenvalue weighted by atomic mass is 10.1. The molecule has 7 nitrogen and oxygen atoms in total. The van der Waals surface area contributed by atoms with Gasteiger partial charge in [-0.1, -0.05) is 23.7 Å². The molecule has 31 heavy (non-hydrogen) atoms. The van der Waals surface area contributed by atoms with Crippen molar-refractivity contribution in [1.82, 2.24) is 5.32 Å². The number of hydrogen-bond donors (Lipinski definition) is 1. The summed E-state index contributed by atoms with van der Waals surface area (Å²) in [4.78, 5) is 27.9. The van der Waals surface area contributed by atoms with Gasteiger partial charge in [-0.25, -0.2) is 4.99 Å². The van der Waals surface area contributed by atoms with Gasteiger partial charge >= 0.3 is 0 Å². The van der Waals surface area contributed by atoms with E-state index in [1.807, 2.05) is 19.9 Å². The molecular weight excluding hydrogens is 438 g/mol. The predicted octanol–water partition coefficient (Wildman–Crippen LogP) is 6.02. The Morgan fingerprint density at radius 2 is 1.90 bits per heavy atom. The topological polar surface area (TPSA) is 97.7 Å². The molecule has 0 atom stereocenters. The first kappa shape index (κ1) is 20.9. The maximum absolute atomic E-state index is 12.4. The van der Waals surface area contributed by atoms with Gasteiger partial charge in [-0.2, -0.15) is 0 Å². The van der Waals surface area contributed by atoms with Gasteiger partial charge in [0.25, 0.3) is 11.6 Å². The molecule has 9 heteroatoms. The van der Waals surface area contributed by atoms with Gasteiger partial charge in [-0.3, -0.25) is 14.9 Å². The van der Waals surface area contributed by atoms with Gasteiger partial charge in [0.2, 0.25) is 0 Å². The number of furan rings is 1. The van der Waals surface area contributed by atoms with Crippen LogP contribution in [0, 0.1) is 24.0 Å². The van der Waals surface area contributed by atoms with Crippen LogP contribution in [-0.4, -0.2) is 16.0 Å². The molecule has 1 aromatic heterocycles. The first-order valence-electron chi connectivity index (χ1n) is 9.21. The van der Waals surface area contributed by atoms with Crippen molar-refractivity contribution in [2.24, 2.45) is 4.99 Å². The number of nitro benzene ring substituents is 1. The Balaban J connectivity index is 1.59. The second-order valence-corrected chi connectivity index (χ2v) is 8.34. The smallest absolute Gasteiger partial charge is 0.270 e. The van der Waals surface area contributed by atoms with Gasteiger partial charge in [0.15, 0.2) is 5.17 Å². The van der Waals surface area contributed by atoms with E-state index in [9.17, 15) is 14.9 Å². The van der Waals surface area contributed by atoms with Crippen molar-refractivity contribution in [3.05, 3.63) is 85.5 Å². The lowest BCUT2D eigenvalue weighted by molar-refractivity contribution is -0.384. The van der Waals surface area contributed by atoms with Crippen LogP contribution in [0.25, 0.3) is 17.4 Å². The molecule has 1 fully saturated rings. The number of nitrogens with zero attached hydrogens (tertiary/aromatic N) is 2. The summed E-state index contributed by atoms with van der Waals surface area (Å²) in [5.74, 6) is 0.659. The molecule has 0 aliphatic carbocycles. The first-order valence-corrected chi connectivity index (χ1v) is 10.4. The lowest BCUT2D eigenvalue weighted by Gasteiger charge is -2.02. The van der Waals surface area contributed by atoms with E-state index in [1.165, 1.54) is 23.9 Å². The third kappa shape index (κ3) is 4.55. The third-order valence-corrected chi connectivity index (χ3v) is 5.79. The number of thioether (sulfide) groups is 1. The standard InChI is InChI=1S/C22H16ClN3O4S/c1-12-4-6-15(26(28)29)10-17(12)19-8-7-16(30-19)11-20-21(27)25-22(31-20)24-18-9-14(23)5-3-13(18)2/h3-11H,1-2H3,(H,24,25,27)/b20-11-. The average Bonchev–Trinajstić information content (AvgIpc) is 3.32. The van der Waals surface area contributed by atoms with Crippen molar-refractivity contribution in [2.75, 3.05) is 0 Å². The molecule has 1 amide bonds.